The zero-order valence-electron chi connectivity index (χ0n) is 7.38. The van der Waals surface area contributed by atoms with Crippen LogP contribution in [0.25, 0.3) is 0 Å². The van der Waals surface area contributed by atoms with E-state index in [2.05, 4.69) is 38.1 Å². The summed E-state index contributed by atoms with van der Waals surface area (Å²) in [4.78, 5) is 1.11. The third-order valence-corrected chi connectivity index (χ3v) is 2.64. The van der Waals surface area contributed by atoms with Crippen molar-refractivity contribution < 1.29 is 0 Å². The largest absolute Gasteiger partial charge is 0.0625 e. The fourth-order valence-corrected chi connectivity index (χ4v) is 1.70. The van der Waals surface area contributed by atoms with E-state index < -0.39 is 0 Å². The molecule has 0 aromatic heterocycles. The van der Waals surface area contributed by atoms with Gasteiger partial charge in [0.15, 0.2) is 0 Å². The number of halogens is 1. The molecule has 0 nitrogen and oxygen atoms in total. The van der Waals surface area contributed by atoms with E-state index in [-0.39, 0.29) is 0 Å². The van der Waals surface area contributed by atoms with Crippen LogP contribution >= 0.6 is 21.7 Å². The molecule has 0 aliphatic heterocycles. The molecule has 0 N–H and O–H groups in total. The second kappa shape index (κ2) is 4.78. The molecule has 0 fully saturated rings. The summed E-state index contributed by atoms with van der Waals surface area (Å²) in [5.74, 6) is 0.722. The van der Waals surface area contributed by atoms with Crippen molar-refractivity contribution in [2.75, 3.05) is 0 Å². The molecule has 0 saturated heterocycles. The lowest BCUT2D eigenvalue weighted by Crippen LogP contribution is -1.92. The zero-order chi connectivity index (χ0) is 8.97. The van der Waals surface area contributed by atoms with Gasteiger partial charge in [-0.2, -0.15) is 0 Å². The summed E-state index contributed by atoms with van der Waals surface area (Å²) >= 11 is 0. The minimum absolute atomic E-state index is 0.722. The minimum Gasteiger partial charge on any atom is -0.0625 e. The van der Waals surface area contributed by atoms with Gasteiger partial charge >= 0.3 is 0 Å². The predicted octanol–water partition coefficient (Wildman–Crippen LogP) is 4.13. The van der Waals surface area contributed by atoms with Crippen molar-refractivity contribution in [2.24, 2.45) is 5.92 Å². The molecule has 0 spiro atoms. The molecule has 1 aromatic rings. The molecule has 0 aliphatic rings. The zero-order valence-corrected chi connectivity index (χ0v) is 8.95. The maximum absolute atomic E-state index is 5.60. The van der Waals surface area contributed by atoms with E-state index in [1.165, 1.54) is 16.5 Å². The Bertz CT molecular complexity index is 228. The van der Waals surface area contributed by atoms with E-state index >= 15 is 0 Å². The molecule has 1 rings (SSSR count). The van der Waals surface area contributed by atoms with Gasteiger partial charge in [0.2, 0.25) is 0 Å². The molecule has 0 atom stereocenters. The number of hydrogen-bond acceptors (Lipinski definition) is 1. The lowest BCUT2D eigenvalue weighted by Gasteiger charge is -2.04. The first kappa shape index (κ1) is 9.94. The normalized spacial score (nSPS) is 10.7. The van der Waals surface area contributed by atoms with Gasteiger partial charge < -0.3 is 0 Å². The SMILES string of the molecule is CC(C)Cc1ccc(SCl)cc1. The van der Waals surface area contributed by atoms with Crippen molar-refractivity contribution in [3.8, 4) is 0 Å². The summed E-state index contributed by atoms with van der Waals surface area (Å²) in [7, 11) is 6.87. The standard InChI is InChI=1S/C10H13ClS/c1-8(2)7-9-3-5-10(12-11)6-4-9/h3-6,8H,7H2,1-2H3. The number of rotatable bonds is 3. The van der Waals surface area contributed by atoms with E-state index in [0.29, 0.717) is 0 Å². The average molecular weight is 201 g/mol. The Morgan fingerprint density at radius 3 is 2.25 bits per heavy atom. The highest BCUT2D eigenvalue weighted by atomic mass is 35.7. The van der Waals surface area contributed by atoms with Crippen LogP contribution in [0.5, 0.6) is 0 Å². The first-order chi connectivity index (χ1) is 5.72. The third-order valence-electron chi connectivity index (χ3n) is 1.66. The Kier molecular flexibility index (Phi) is 3.96. The summed E-state index contributed by atoms with van der Waals surface area (Å²) in [5, 5.41) is 0. The monoisotopic (exact) mass is 200 g/mol. The highest BCUT2D eigenvalue weighted by Crippen LogP contribution is 2.22. The Balaban J connectivity index is 2.65. The first-order valence-corrected chi connectivity index (χ1v) is 5.74. The van der Waals surface area contributed by atoms with Crippen LogP contribution in [0.15, 0.2) is 29.2 Å². The molecule has 0 amide bonds. The van der Waals surface area contributed by atoms with Gasteiger partial charge in [-0.25, -0.2) is 0 Å². The third kappa shape index (κ3) is 3.08. The van der Waals surface area contributed by atoms with E-state index in [1.54, 1.807) is 0 Å². The maximum Gasteiger partial charge on any atom is 0.0233 e. The van der Waals surface area contributed by atoms with Crippen molar-refractivity contribution in [1.82, 2.24) is 0 Å². The lowest BCUT2D eigenvalue weighted by atomic mass is 10.0. The predicted molar refractivity (Wildman–Crippen MR) is 56.7 cm³/mol. The highest BCUT2D eigenvalue weighted by molar-refractivity contribution is 8.21. The van der Waals surface area contributed by atoms with Gasteiger partial charge in [0.1, 0.15) is 0 Å². The molecule has 66 valence electrons. The molecule has 0 bridgehead atoms. The van der Waals surface area contributed by atoms with Gasteiger partial charge in [-0.3, -0.25) is 0 Å². The second-order valence-electron chi connectivity index (χ2n) is 3.32. The molecule has 12 heavy (non-hydrogen) atoms. The van der Waals surface area contributed by atoms with Gasteiger partial charge in [-0.05, 0) is 51.7 Å². The molecule has 0 radical (unpaired) electrons. The van der Waals surface area contributed by atoms with Crippen LogP contribution in [-0.4, -0.2) is 0 Å². The van der Waals surface area contributed by atoms with Crippen molar-refractivity contribution in [3.63, 3.8) is 0 Å². The van der Waals surface area contributed by atoms with Crippen LogP contribution in [-0.2, 0) is 6.42 Å². The quantitative estimate of drug-likeness (QED) is 0.707. The van der Waals surface area contributed by atoms with E-state index in [9.17, 15) is 0 Å². The van der Waals surface area contributed by atoms with Crippen molar-refractivity contribution in [2.45, 2.75) is 25.2 Å². The molecule has 0 unspecified atom stereocenters. The van der Waals surface area contributed by atoms with Crippen molar-refractivity contribution in [3.05, 3.63) is 29.8 Å². The van der Waals surface area contributed by atoms with Crippen molar-refractivity contribution >= 4 is 21.7 Å². The van der Waals surface area contributed by atoms with Crippen LogP contribution in [0.3, 0.4) is 0 Å². The summed E-state index contributed by atoms with van der Waals surface area (Å²) in [6, 6.07) is 8.42. The summed E-state index contributed by atoms with van der Waals surface area (Å²) in [6.07, 6.45) is 1.15. The Morgan fingerprint density at radius 1 is 1.25 bits per heavy atom. The molecule has 0 saturated carbocycles. The maximum atomic E-state index is 5.60. The number of hydrogen-bond donors (Lipinski definition) is 0. The van der Waals surface area contributed by atoms with Gasteiger partial charge in [0.05, 0.1) is 0 Å². The van der Waals surface area contributed by atoms with Crippen LogP contribution in [0.1, 0.15) is 19.4 Å². The minimum atomic E-state index is 0.722. The molecule has 0 heterocycles. The Morgan fingerprint density at radius 2 is 1.83 bits per heavy atom. The van der Waals surface area contributed by atoms with E-state index in [0.717, 1.165) is 17.2 Å². The van der Waals surface area contributed by atoms with Gasteiger partial charge in [0.25, 0.3) is 0 Å². The Hall–Kier alpha value is -0.140. The van der Waals surface area contributed by atoms with Gasteiger partial charge in [0, 0.05) is 4.90 Å². The average Bonchev–Trinajstić information content (AvgIpc) is 2.05. The van der Waals surface area contributed by atoms with E-state index in [4.69, 9.17) is 10.7 Å². The number of benzene rings is 1. The van der Waals surface area contributed by atoms with Crippen LogP contribution in [0, 0.1) is 5.92 Å². The fourth-order valence-electron chi connectivity index (χ4n) is 1.15. The summed E-state index contributed by atoms with van der Waals surface area (Å²) < 4.78 is 0. The molecule has 1 aromatic carbocycles. The second-order valence-corrected chi connectivity index (χ2v) is 4.41. The van der Waals surface area contributed by atoms with Crippen LogP contribution < -0.4 is 0 Å². The van der Waals surface area contributed by atoms with Gasteiger partial charge in [-0.1, -0.05) is 26.0 Å². The molecular weight excluding hydrogens is 188 g/mol. The van der Waals surface area contributed by atoms with Crippen LogP contribution in [0.2, 0.25) is 0 Å². The summed E-state index contributed by atoms with van der Waals surface area (Å²) in [6.45, 7) is 4.45. The Labute approximate surface area is 82.8 Å². The fraction of sp³-hybridized carbons (Fsp3) is 0.400. The summed E-state index contributed by atoms with van der Waals surface area (Å²) in [5.41, 5.74) is 1.39. The van der Waals surface area contributed by atoms with Crippen LogP contribution in [0.4, 0.5) is 0 Å². The highest BCUT2D eigenvalue weighted by Gasteiger charge is 1.97. The lowest BCUT2D eigenvalue weighted by molar-refractivity contribution is 0.647. The van der Waals surface area contributed by atoms with E-state index in [1.807, 2.05) is 0 Å². The first-order valence-electron chi connectivity index (χ1n) is 4.10. The smallest absolute Gasteiger partial charge is 0.0233 e. The molecule has 2 heteroatoms. The van der Waals surface area contributed by atoms with Crippen molar-refractivity contribution in [1.29, 1.82) is 0 Å². The molecular formula is C10H13ClS. The van der Waals surface area contributed by atoms with Gasteiger partial charge in [-0.15, -0.1) is 0 Å². The topological polar surface area (TPSA) is 0 Å². The molecule has 0 aliphatic carbocycles.